The molecule has 2 saturated heterocycles. The summed E-state index contributed by atoms with van der Waals surface area (Å²) in [5.74, 6) is 1.16. The second-order valence-corrected chi connectivity index (χ2v) is 4.95. The molecule has 0 bridgehead atoms. The van der Waals surface area contributed by atoms with E-state index < -0.39 is 0 Å². The van der Waals surface area contributed by atoms with Crippen LogP contribution in [0.2, 0.25) is 0 Å². The van der Waals surface area contributed by atoms with E-state index in [1.165, 1.54) is 0 Å². The maximum absolute atomic E-state index is 11.6. The molecule has 7 nitrogen and oxygen atoms in total. The van der Waals surface area contributed by atoms with E-state index in [9.17, 15) is 4.79 Å². The van der Waals surface area contributed by atoms with Crippen LogP contribution in [-0.4, -0.2) is 47.9 Å². The van der Waals surface area contributed by atoms with Crippen LogP contribution in [0.4, 0.5) is 0 Å². The predicted molar refractivity (Wildman–Crippen MR) is 65.5 cm³/mol. The molecule has 3 rings (SSSR count). The number of nitrogens with one attached hydrogen (secondary N) is 2. The van der Waals surface area contributed by atoms with Crippen molar-refractivity contribution in [1.82, 2.24) is 20.8 Å². The summed E-state index contributed by atoms with van der Waals surface area (Å²) in [5, 5.41) is 9.89. The largest absolute Gasteiger partial charge is 0.378 e. The molecule has 1 aromatic heterocycles. The first-order chi connectivity index (χ1) is 9.31. The van der Waals surface area contributed by atoms with Crippen LogP contribution < -0.4 is 10.6 Å². The van der Waals surface area contributed by atoms with Crippen LogP contribution in [0, 0.1) is 0 Å². The summed E-state index contributed by atoms with van der Waals surface area (Å²) in [5.41, 5.74) is 0. The molecule has 0 radical (unpaired) electrons. The first-order valence-corrected chi connectivity index (χ1v) is 6.75. The van der Waals surface area contributed by atoms with E-state index in [-0.39, 0.29) is 18.1 Å². The summed E-state index contributed by atoms with van der Waals surface area (Å²) in [6.45, 7) is 2.26. The predicted octanol–water partition coefficient (Wildman–Crippen LogP) is -0.578. The zero-order valence-electron chi connectivity index (χ0n) is 10.7. The minimum atomic E-state index is -0.273. The van der Waals surface area contributed by atoms with Gasteiger partial charge in [0.15, 0.2) is 5.82 Å². The van der Waals surface area contributed by atoms with Crippen molar-refractivity contribution in [1.29, 1.82) is 0 Å². The van der Waals surface area contributed by atoms with Crippen molar-refractivity contribution in [2.75, 3.05) is 19.7 Å². The van der Waals surface area contributed by atoms with Gasteiger partial charge in [0.2, 0.25) is 11.8 Å². The number of hydrogen-bond donors (Lipinski definition) is 2. The lowest BCUT2D eigenvalue weighted by molar-refractivity contribution is -0.124. The average Bonchev–Trinajstić information content (AvgIpc) is 3.05. The molecule has 3 heterocycles. The topological polar surface area (TPSA) is 89.3 Å². The third kappa shape index (κ3) is 3.10. The smallest absolute Gasteiger partial charge is 0.237 e. The average molecular weight is 266 g/mol. The molecule has 0 saturated carbocycles. The number of ether oxygens (including phenoxy) is 1. The van der Waals surface area contributed by atoms with Crippen molar-refractivity contribution >= 4 is 5.91 Å². The Morgan fingerprint density at radius 3 is 3.05 bits per heavy atom. The SMILES string of the molecule is O=C1NCCNC1Cc1nc(CC2CCCO2)no1. The van der Waals surface area contributed by atoms with Gasteiger partial charge in [-0.25, -0.2) is 0 Å². The van der Waals surface area contributed by atoms with Crippen LogP contribution in [0.1, 0.15) is 24.6 Å². The van der Waals surface area contributed by atoms with Crippen molar-refractivity contribution in [3.05, 3.63) is 11.7 Å². The zero-order valence-corrected chi connectivity index (χ0v) is 10.7. The van der Waals surface area contributed by atoms with Crippen molar-refractivity contribution in [3.8, 4) is 0 Å². The number of carbonyl (C=O) groups excluding carboxylic acids is 1. The van der Waals surface area contributed by atoms with Gasteiger partial charge in [-0.15, -0.1) is 0 Å². The molecule has 1 amide bonds. The summed E-state index contributed by atoms with van der Waals surface area (Å²) >= 11 is 0. The first-order valence-electron chi connectivity index (χ1n) is 6.75. The molecule has 1 aromatic rings. The van der Waals surface area contributed by atoms with Gasteiger partial charge in [0.1, 0.15) is 0 Å². The second kappa shape index (κ2) is 5.66. The van der Waals surface area contributed by atoms with Crippen molar-refractivity contribution in [2.24, 2.45) is 0 Å². The molecule has 2 aliphatic rings. The van der Waals surface area contributed by atoms with Crippen LogP contribution in [0.15, 0.2) is 4.52 Å². The molecule has 0 aliphatic carbocycles. The summed E-state index contributed by atoms with van der Waals surface area (Å²) in [6.07, 6.45) is 3.48. The number of hydrogen-bond acceptors (Lipinski definition) is 6. The third-order valence-corrected chi connectivity index (χ3v) is 3.45. The Hall–Kier alpha value is -1.47. The van der Waals surface area contributed by atoms with E-state index in [0.717, 1.165) is 26.0 Å². The monoisotopic (exact) mass is 266 g/mol. The highest BCUT2D eigenvalue weighted by Crippen LogP contribution is 2.16. The molecule has 2 fully saturated rings. The standard InChI is InChI=1S/C12H18N4O3/c17-12-9(13-3-4-14-12)7-11-15-10(16-19-11)6-8-2-1-5-18-8/h8-9,13H,1-7H2,(H,14,17). The highest BCUT2D eigenvalue weighted by Gasteiger charge is 2.25. The van der Waals surface area contributed by atoms with Gasteiger partial charge in [-0.05, 0) is 12.8 Å². The lowest BCUT2D eigenvalue weighted by Crippen LogP contribution is -2.53. The number of carbonyl (C=O) groups is 1. The van der Waals surface area contributed by atoms with Crippen molar-refractivity contribution in [2.45, 2.75) is 37.8 Å². The van der Waals surface area contributed by atoms with E-state index in [2.05, 4.69) is 20.8 Å². The fraction of sp³-hybridized carbons (Fsp3) is 0.750. The van der Waals surface area contributed by atoms with Gasteiger partial charge in [-0.2, -0.15) is 4.98 Å². The van der Waals surface area contributed by atoms with Crippen molar-refractivity contribution in [3.63, 3.8) is 0 Å². The van der Waals surface area contributed by atoms with E-state index >= 15 is 0 Å². The molecule has 7 heteroatoms. The molecular formula is C12H18N4O3. The first kappa shape index (κ1) is 12.6. The number of aromatic nitrogens is 2. The molecule has 2 aliphatic heterocycles. The molecule has 0 aromatic carbocycles. The Labute approximate surface area is 111 Å². The fourth-order valence-electron chi connectivity index (χ4n) is 2.45. The molecular weight excluding hydrogens is 248 g/mol. The van der Waals surface area contributed by atoms with E-state index in [1.807, 2.05) is 0 Å². The molecule has 0 spiro atoms. The normalized spacial score (nSPS) is 27.5. The Morgan fingerprint density at radius 1 is 1.32 bits per heavy atom. The Morgan fingerprint density at radius 2 is 2.26 bits per heavy atom. The van der Waals surface area contributed by atoms with E-state index in [4.69, 9.17) is 9.26 Å². The van der Waals surface area contributed by atoms with Gasteiger partial charge in [0, 0.05) is 26.1 Å². The number of amides is 1. The zero-order chi connectivity index (χ0) is 13.1. The Kier molecular flexibility index (Phi) is 3.74. The maximum Gasteiger partial charge on any atom is 0.237 e. The molecule has 19 heavy (non-hydrogen) atoms. The number of piperazine rings is 1. The molecule has 2 atom stereocenters. The molecule has 2 N–H and O–H groups in total. The Bertz CT molecular complexity index is 442. The van der Waals surface area contributed by atoms with Gasteiger partial charge < -0.3 is 19.9 Å². The number of nitrogens with zero attached hydrogens (tertiary/aromatic N) is 2. The molecule has 104 valence electrons. The summed E-state index contributed by atoms with van der Waals surface area (Å²) < 4.78 is 10.7. The third-order valence-electron chi connectivity index (χ3n) is 3.45. The minimum absolute atomic E-state index is 0.00914. The van der Waals surface area contributed by atoms with E-state index in [0.29, 0.717) is 31.1 Å². The van der Waals surface area contributed by atoms with Crippen LogP contribution in [0.25, 0.3) is 0 Å². The van der Waals surface area contributed by atoms with Gasteiger partial charge >= 0.3 is 0 Å². The highest BCUT2D eigenvalue weighted by atomic mass is 16.5. The van der Waals surface area contributed by atoms with Gasteiger partial charge in [-0.3, -0.25) is 4.79 Å². The summed E-state index contributed by atoms with van der Waals surface area (Å²) in [4.78, 5) is 15.9. The lowest BCUT2D eigenvalue weighted by atomic mass is 10.1. The van der Waals surface area contributed by atoms with E-state index in [1.54, 1.807) is 0 Å². The van der Waals surface area contributed by atoms with Crippen molar-refractivity contribution < 1.29 is 14.1 Å². The van der Waals surface area contributed by atoms with Crippen LogP contribution >= 0.6 is 0 Å². The number of rotatable bonds is 4. The van der Waals surface area contributed by atoms with Crippen LogP contribution in [-0.2, 0) is 22.4 Å². The minimum Gasteiger partial charge on any atom is -0.378 e. The lowest BCUT2D eigenvalue weighted by Gasteiger charge is -2.21. The van der Waals surface area contributed by atoms with Crippen LogP contribution in [0.3, 0.4) is 0 Å². The summed E-state index contributed by atoms with van der Waals surface area (Å²) in [7, 11) is 0. The maximum atomic E-state index is 11.6. The second-order valence-electron chi connectivity index (χ2n) is 4.95. The van der Waals surface area contributed by atoms with Gasteiger partial charge in [0.25, 0.3) is 0 Å². The molecule has 2 unspecified atom stereocenters. The quantitative estimate of drug-likeness (QED) is 0.758. The van der Waals surface area contributed by atoms with Gasteiger partial charge in [-0.1, -0.05) is 5.16 Å². The van der Waals surface area contributed by atoms with Crippen LogP contribution in [0.5, 0.6) is 0 Å². The summed E-state index contributed by atoms with van der Waals surface area (Å²) in [6, 6.07) is -0.273. The van der Waals surface area contributed by atoms with Gasteiger partial charge in [0.05, 0.1) is 18.6 Å². The highest BCUT2D eigenvalue weighted by molar-refractivity contribution is 5.82. The fourth-order valence-corrected chi connectivity index (χ4v) is 2.45. The Balaban J connectivity index is 1.56.